The number of hydrogen-bond donors (Lipinski definition) is 0. The minimum atomic E-state index is -0.147. The smallest absolute Gasteiger partial charge is 0.311 e. The highest BCUT2D eigenvalue weighted by Crippen LogP contribution is 2.31. The number of aromatic nitrogens is 1. The molecular formula is C43H58N2O2. The number of nitrogens with zero attached hydrogens (tertiary/aromatic N) is 2. The highest BCUT2D eigenvalue weighted by atomic mass is 16.5. The fourth-order valence-electron chi connectivity index (χ4n) is 6.57. The van der Waals surface area contributed by atoms with Crippen molar-refractivity contribution in [3.63, 3.8) is 0 Å². The summed E-state index contributed by atoms with van der Waals surface area (Å²) in [5, 5.41) is 2.21. The van der Waals surface area contributed by atoms with E-state index in [4.69, 9.17) is 9.72 Å². The fraction of sp³-hybridized carbons (Fsp3) is 0.488. The van der Waals surface area contributed by atoms with Gasteiger partial charge in [-0.25, -0.2) is 4.98 Å². The molecule has 0 bridgehead atoms. The predicted octanol–water partition coefficient (Wildman–Crippen LogP) is 12.6. The molecule has 0 fully saturated rings. The zero-order valence-electron chi connectivity index (χ0n) is 29.4. The van der Waals surface area contributed by atoms with Gasteiger partial charge in [0.25, 0.3) is 0 Å². The van der Waals surface area contributed by atoms with Crippen LogP contribution in [0, 0.1) is 0 Å². The Kier molecular flexibility index (Phi) is 15.8. The van der Waals surface area contributed by atoms with Crippen molar-refractivity contribution >= 4 is 45.6 Å². The lowest BCUT2D eigenvalue weighted by molar-refractivity contribution is -0.134. The monoisotopic (exact) mass is 634 g/mol. The van der Waals surface area contributed by atoms with E-state index in [1.807, 2.05) is 18.2 Å². The van der Waals surface area contributed by atoms with Gasteiger partial charge in [0, 0.05) is 47.6 Å². The lowest BCUT2D eigenvalue weighted by Crippen LogP contribution is -2.22. The first-order valence-corrected chi connectivity index (χ1v) is 18.7. The Balaban J connectivity index is 1.30. The zero-order valence-corrected chi connectivity index (χ0v) is 29.4. The average Bonchev–Trinajstić information content (AvgIpc) is 3.09. The van der Waals surface area contributed by atoms with Gasteiger partial charge < -0.3 is 9.64 Å². The summed E-state index contributed by atoms with van der Waals surface area (Å²) in [5.41, 5.74) is 5.03. The summed E-state index contributed by atoms with van der Waals surface area (Å²) < 4.78 is 6.08. The maximum atomic E-state index is 13.1. The van der Waals surface area contributed by atoms with Crippen LogP contribution < -0.4 is 9.64 Å². The summed E-state index contributed by atoms with van der Waals surface area (Å²) in [4.78, 5) is 20.2. The third-order valence-electron chi connectivity index (χ3n) is 9.39. The average molecular weight is 635 g/mol. The van der Waals surface area contributed by atoms with Crippen LogP contribution in [0.15, 0.2) is 66.7 Å². The summed E-state index contributed by atoms with van der Waals surface area (Å²) in [6.45, 7) is 8.38. The number of fused-ring (bicyclic) bond motifs is 2. The van der Waals surface area contributed by atoms with Gasteiger partial charge in [0.1, 0.15) is 5.75 Å². The van der Waals surface area contributed by atoms with Crippen LogP contribution in [0.25, 0.3) is 34.0 Å². The second-order valence-electron chi connectivity index (χ2n) is 13.0. The molecule has 4 aromatic rings. The third kappa shape index (κ3) is 11.5. The first kappa shape index (κ1) is 36.2. The van der Waals surface area contributed by atoms with Crippen LogP contribution in [-0.4, -0.2) is 24.0 Å². The van der Waals surface area contributed by atoms with Crippen LogP contribution in [0.5, 0.6) is 5.75 Å². The summed E-state index contributed by atoms with van der Waals surface area (Å²) in [6.07, 6.45) is 24.3. The molecule has 0 aliphatic carbocycles. The Morgan fingerprint density at radius 3 is 1.68 bits per heavy atom. The lowest BCUT2D eigenvalue weighted by atomic mass is 10.0. The molecule has 0 aliphatic heterocycles. The second kappa shape index (κ2) is 20.5. The van der Waals surface area contributed by atoms with Crippen molar-refractivity contribution in [1.29, 1.82) is 0 Å². The van der Waals surface area contributed by atoms with E-state index in [0.29, 0.717) is 12.2 Å². The number of rotatable bonds is 22. The number of unbranched alkanes of at least 4 members (excludes halogenated alkanes) is 14. The normalized spacial score (nSPS) is 11.6. The molecule has 0 N–H and O–H groups in total. The van der Waals surface area contributed by atoms with Crippen molar-refractivity contribution < 1.29 is 9.53 Å². The van der Waals surface area contributed by atoms with Crippen LogP contribution in [0.1, 0.15) is 135 Å². The summed E-state index contributed by atoms with van der Waals surface area (Å²) in [5.74, 6) is 0.477. The topological polar surface area (TPSA) is 42.4 Å². The predicted molar refractivity (Wildman–Crippen MR) is 203 cm³/mol. The minimum Gasteiger partial charge on any atom is -0.426 e. The highest BCUT2D eigenvalue weighted by Gasteiger charge is 2.13. The van der Waals surface area contributed by atoms with Crippen LogP contribution in [0.3, 0.4) is 0 Å². The molecule has 47 heavy (non-hydrogen) atoms. The quantitative estimate of drug-likeness (QED) is 0.0373. The first-order chi connectivity index (χ1) is 23.1. The van der Waals surface area contributed by atoms with Gasteiger partial charge >= 0.3 is 5.97 Å². The molecule has 0 atom stereocenters. The van der Waals surface area contributed by atoms with Crippen molar-refractivity contribution in [2.75, 3.05) is 18.0 Å². The van der Waals surface area contributed by atoms with Crippen molar-refractivity contribution in [2.45, 2.75) is 124 Å². The first-order valence-electron chi connectivity index (χ1n) is 18.7. The van der Waals surface area contributed by atoms with Crippen molar-refractivity contribution in [3.05, 3.63) is 77.9 Å². The van der Waals surface area contributed by atoms with Crippen molar-refractivity contribution in [2.24, 2.45) is 0 Å². The highest BCUT2D eigenvalue weighted by molar-refractivity contribution is 6.04. The number of carbonyl (C=O) groups excluding carboxylic acids is 1. The summed E-state index contributed by atoms with van der Waals surface area (Å²) >= 11 is 0. The number of hydrogen-bond acceptors (Lipinski definition) is 4. The van der Waals surface area contributed by atoms with Crippen molar-refractivity contribution in [3.8, 4) is 5.75 Å². The van der Waals surface area contributed by atoms with Crippen LogP contribution >= 0.6 is 0 Å². The van der Waals surface area contributed by atoms with Gasteiger partial charge in [-0.1, -0.05) is 145 Å². The Morgan fingerprint density at radius 2 is 1.15 bits per heavy atom. The molecule has 4 rings (SSSR count). The van der Waals surface area contributed by atoms with Crippen LogP contribution in [0.4, 0.5) is 5.69 Å². The maximum absolute atomic E-state index is 13.1. The van der Waals surface area contributed by atoms with E-state index in [-0.39, 0.29) is 5.97 Å². The molecule has 252 valence electrons. The Hall–Kier alpha value is -3.66. The fourth-order valence-corrected chi connectivity index (χ4v) is 6.57. The molecule has 0 amide bonds. The SMILES string of the molecule is CCCCCCCCCCCCCCCCCC(=O)Oc1cc(N(CC)CC)ccc1C=Cc1c2ccccc2nc2ccccc12. The number of carbonyl (C=O) groups is 1. The van der Waals surface area contributed by atoms with Crippen molar-refractivity contribution in [1.82, 2.24) is 4.98 Å². The molecular weight excluding hydrogens is 576 g/mol. The summed E-state index contributed by atoms with van der Waals surface area (Å²) in [6, 6.07) is 22.8. The van der Waals surface area contributed by atoms with E-state index in [9.17, 15) is 4.79 Å². The molecule has 3 aromatic carbocycles. The van der Waals surface area contributed by atoms with E-state index in [0.717, 1.165) is 64.6 Å². The van der Waals surface area contributed by atoms with Gasteiger partial charge in [-0.3, -0.25) is 4.79 Å². The summed E-state index contributed by atoms with van der Waals surface area (Å²) in [7, 11) is 0. The number of benzene rings is 3. The largest absolute Gasteiger partial charge is 0.426 e. The molecule has 0 saturated carbocycles. The number of anilines is 1. The zero-order chi connectivity index (χ0) is 33.1. The van der Waals surface area contributed by atoms with Gasteiger partial charge in [0.2, 0.25) is 0 Å². The molecule has 4 nitrogen and oxygen atoms in total. The molecule has 0 aliphatic rings. The number of esters is 1. The molecule has 4 heteroatoms. The standard InChI is InChI=1S/C43H58N2O2/c1-4-7-8-9-10-11-12-13-14-15-16-17-18-19-20-29-43(46)47-42-34-36(45(5-2)6-3)32-30-35(42)31-33-37-38-25-21-23-27-40(38)44-41-28-24-22-26-39(37)41/h21-28,30-34H,4-20,29H2,1-3H3. The molecule has 0 saturated heterocycles. The number of para-hydroxylation sites is 2. The molecule has 1 heterocycles. The van der Waals surface area contributed by atoms with E-state index in [2.05, 4.69) is 86.4 Å². The van der Waals surface area contributed by atoms with E-state index in [1.165, 1.54) is 83.5 Å². The number of ether oxygens (including phenoxy) is 1. The third-order valence-corrected chi connectivity index (χ3v) is 9.39. The molecule has 0 radical (unpaired) electrons. The Labute approximate surface area is 284 Å². The Morgan fingerprint density at radius 1 is 0.638 bits per heavy atom. The van der Waals surface area contributed by atoms with Gasteiger partial charge in [0.05, 0.1) is 11.0 Å². The van der Waals surface area contributed by atoms with Gasteiger partial charge in [-0.2, -0.15) is 0 Å². The Bertz CT molecular complexity index is 1480. The molecule has 0 spiro atoms. The minimum absolute atomic E-state index is 0.147. The van der Waals surface area contributed by atoms with Crippen LogP contribution in [0.2, 0.25) is 0 Å². The maximum Gasteiger partial charge on any atom is 0.311 e. The van der Waals surface area contributed by atoms with Crippen LogP contribution in [-0.2, 0) is 4.79 Å². The van der Waals surface area contributed by atoms with E-state index >= 15 is 0 Å². The van der Waals surface area contributed by atoms with E-state index in [1.54, 1.807) is 0 Å². The van der Waals surface area contributed by atoms with Gasteiger partial charge in [-0.05, 0) is 50.1 Å². The van der Waals surface area contributed by atoms with Gasteiger partial charge in [-0.15, -0.1) is 0 Å². The van der Waals surface area contributed by atoms with E-state index < -0.39 is 0 Å². The molecule has 1 aromatic heterocycles. The van der Waals surface area contributed by atoms with Gasteiger partial charge in [0.15, 0.2) is 0 Å². The second-order valence-corrected chi connectivity index (χ2v) is 13.0. The molecule has 0 unspecified atom stereocenters. The number of pyridine rings is 1. The lowest BCUT2D eigenvalue weighted by Gasteiger charge is -2.22.